The van der Waals surface area contributed by atoms with E-state index in [0.29, 0.717) is 10.8 Å². The van der Waals surface area contributed by atoms with Crippen LogP contribution in [0.25, 0.3) is 0 Å². The van der Waals surface area contributed by atoms with E-state index >= 15 is 0 Å². The third-order valence-electron chi connectivity index (χ3n) is 6.39. The zero-order valence-electron chi connectivity index (χ0n) is 18.6. The summed E-state index contributed by atoms with van der Waals surface area (Å²) < 4.78 is 0. The van der Waals surface area contributed by atoms with Crippen LogP contribution in [0.5, 0.6) is 17.2 Å². The fraction of sp³-hybridized carbons (Fsp3) is 0.760. The van der Waals surface area contributed by atoms with Gasteiger partial charge in [0, 0.05) is 17.2 Å². The quantitative estimate of drug-likeness (QED) is 0.200. The van der Waals surface area contributed by atoms with Gasteiger partial charge in [0.15, 0.2) is 11.5 Å². The Morgan fingerprint density at radius 2 is 1.36 bits per heavy atom. The summed E-state index contributed by atoms with van der Waals surface area (Å²) in [6, 6.07) is 1.29. The van der Waals surface area contributed by atoms with Crippen LogP contribution in [0.1, 0.15) is 109 Å². The fourth-order valence-corrected chi connectivity index (χ4v) is 4.09. The van der Waals surface area contributed by atoms with E-state index in [2.05, 4.69) is 27.7 Å². The van der Waals surface area contributed by atoms with Gasteiger partial charge in [-0.15, -0.1) is 0 Å². The van der Waals surface area contributed by atoms with Crippen LogP contribution in [0.15, 0.2) is 6.07 Å². The van der Waals surface area contributed by atoms with Crippen LogP contribution in [0, 0.1) is 10.8 Å². The maximum Gasteiger partial charge on any atom is 0.161 e. The Balaban J connectivity index is 1.83. The van der Waals surface area contributed by atoms with Gasteiger partial charge >= 0.3 is 0 Å². The summed E-state index contributed by atoms with van der Waals surface area (Å²) in [6.45, 7) is 9.20. The maximum atomic E-state index is 10.4. The Kier molecular flexibility index (Phi) is 8.09. The minimum atomic E-state index is -0.202. The van der Waals surface area contributed by atoms with E-state index in [-0.39, 0.29) is 17.2 Å². The molecule has 0 aliphatic heterocycles. The Morgan fingerprint density at radius 1 is 0.786 bits per heavy atom. The van der Waals surface area contributed by atoms with E-state index in [0.717, 1.165) is 49.7 Å². The number of unbranched alkanes of at least 4 members (excludes halogenated alkanes) is 5. The Bertz CT molecular complexity index is 624. The highest BCUT2D eigenvalue weighted by atomic mass is 16.3. The molecule has 1 aliphatic rings. The average Bonchev–Trinajstić information content (AvgIpc) is 3.33. The van der Waals surface area contributed by atoms with Crippen molar-refractivity contribution in [2.45, 2.75) is 111 Å². The summed E-state index contributed by atoms with van der Waals surface area (Å²) in [5, 5.41) is 30.7. The van der Waals surface area contributed by atoms with Crippen molar-refractivity contribution in [3.63, 3.8) is 0 Å². The summed E-state index contributed by atoms with van der Waals surface area (Å²) in [7, 11) is 0. The highest BCUT2D eigenvalue weighted by Crippen LogP contribution is 2.49. The van der Waals surface area contributed by atoms with Gasteiger partial charge in [-0.1, -0.05) is 59.8 Å². The first-order valence-electron chi connectivity index (χ1n) is 11.4. The molecule has 0 bridgehead atoms. The van der Waals surface area contributed by atoms with Crippen LogP contribution in [-0.4, -0.2) is 15.3 Å². The molecule has 1 aromatic carbocycles. The lowest BCUT2D eigenvalue weighted by Crippen LogP contribution is -2.04. The van der Waals surface area contributed by atoms with Gasteiger partial charge in [0.1, 0.15) is 5.75 Å². The highest BCUT2D eigenvalue weighted by molar-refractivity contribution is 5.55. The molecule has 0 radical (unpaired) electrons. The van der Waals surface area contributed by atoms with E-state index in [9.17, 15) is 15.3 Å². The molecule has 0 heterocycles. The lowest BCUT2D eigenvalue weighted by Gasteiger charge is -2.17. The fourth-order valence-electron chi connectivity index (χ4n) is 4.09. The van der Waals surface area contributed by atoms with Gasteiger partial charge in [0.05, 0.1) is 0 Å². The minimum Gasteiger partial charge on any atom is -0.508 e. The molecular formula is C25H42O3. The van der Waals surface area contributed by atoms with Crippen molar-refractivity contribution < 1.29 is 15.3 Å². The van der Waals surface area contributed by atoms with Gasteiger partial charge in [0.2, 0.25) is 0 Å². The van der Waals surface area contributed by atoms with Gasteiger partial charge in [0.25, 0.3) is 0 Å². The molecule has 160 valence electrons. The second-order valence-corrected chi connectivity index (χ2v) is 10.6. The van der Waals surface area contributed by atoms with Crippen molar-refractivity contribution in [2.24, 2.45) is 10.8 Å². The van der Waals surface area contributed by atoms with Crippen LogP contribution < -0.4 is 0 Å². The molecule has 1 aliphatic carbocycles. The number of hydrogen-bond donors (Lipinski definition) is 3. The first-order valence-corrected chi connectivity index (χ1v) is 11.4. The zero-order valence-corrected chi connectivity index (χ0v) is 18.6. The van der Waals surface area contributed by atoms with Crippen molar-refractivity contribution in [1.29, 1.82) is 0 Å². The van der Waals surface area contributed by atoms with E-state index in [1.165, 1.54) is 51.0 Å². The standard InChI is InChI=1S/C25H42O3/c1-24(2,3)14-10-6-5-8-12-19-20(23(28)22(27)18-21(19)26)13-9-7-11-15-25(4)16-17-25/h18,26-28H,5-17H2,1-4H3. The molecule has 2 rings (SSSR count). The van der Waals surface area contributed by atoms with Crippen LogP contribution in [0.4, 0.5) is 0 Å². The van der Waals surface area contributed by atoms with Crippen LogP contribution in [0.3, 0.4) is 0 Å². The van der Waals surface area contributed by atoms with Crippen molar-refractivity contribution in [2.75, 3.05) is 0 Å². The van der Waals surface area contributed by atoms with Gasteiger partial charge in [-0.2, -0.15) is 0 Å². The predicted molar refractivity (Wildman–Crippen MR) is 117 cm³/mol. The number of phenolic OH excluding ortho intramolecular Hbond substituents is 3. The number of hydrogen-bond acceptors (Lipinski definition) is 3. The van der Waals surface area contributed by atoms with E-state index in [1.807, 2.05) is 0 Å². The molecule has 0 unspecified atom stereocenters. The smallest absolute Gasteiger partial charge is 0.161 e. The summed E-state index contributed by atoms with van der Waals surface area (Å²) >= 11 is 0. The van der Waals surface area contributed by atoms with Gasteiger partial charge in [-0.05, 0) is 62.2 Å². The monoisotopic (exact) mass is 390 g/mol. The molecule has 0 aromatic heterocycles. The summed E-state index contributed by atoms with van der Waals surface area (Å²) in [6.07, 6.45) is 14.7. The summed E-state index contributed by atoms with van der Waals surface area (Å²) in [5.41, 5.74) is 2.58. The predicted octanol–water partition coefficient (Wildman–Crippen LogP) is 7.25. The Hall–Kier alpha value is -1.38. The topological polar surface area (TPSA) is 60.7 Å². The number of benzene rings is 1. The zero-order chi connectivity index (χ0) is 20.8. The molecule has 0 atom stereocenters. The molecule has 0 amide bonds. The average molecular weight is 391 g/mol. The normalized spacial score (nSPS) is 15.7. The first kappa shape index (κ1) is 22.9. The Labute approximate surface area is 172 Å². The van der Waals surface area contributed by atoms with Gasteiger partial charge in [-0.3, -0.25) is 0 Å². The molecule has 3 N–H and O–H groups in total. The second-order valence-electron chi connectivity index (χ2n) is 10.6. The molecule has 3 heteroatoms. The molecule has 1 saturated carbocycles. The van der Waals surface area contributed by atoms with Crippen molar-refractivity contribution in [3.05, 3.63) is 17.2 Å². The van der Waals surface area contributed by atoms with E-state index in [1.54, 1.807) is 0 Å². The number of rotatable bonds is 12. The van der Waals surface area contributed by atoms with Gasteiger partial charge in [-0.25, -0.2) is 0 Å². The number of aromatic hydroxyl groups is 3. The van der Waals surface area contributed by atoms with Crippen molar-refractivity contribution in [3.8, 4) is 17.2 Å². The van der Waals surface area contributed by atoms with Crippen molar-refractivity contribution >= 4 is 0 Å². The van der Waals surface area contributed by atoms with Crippen LogP contribution in [-0.2, 0) is 12.8 Å². The van der Waals surface area contributed by atoms with Crippen LogP contribution in [0.2, 0.25) is 0 Å². The minimum absolute atomic E-state index is 0.0327. The summed E-state index contributed by atoms with van der Waals surface area (Å²) in [4.78, 5) is 0. The highest BCUT2D eigenvalue weighted by Gasteiger charge is 2.35. The molecule has 1 fully saturated rings. The molecule has 1 aromatic rings. The third kappa shape index (κ3) is 7.56. The lowest BCUT2D eigenvalue weighted by atomic mass is 9.89. The molecule has 0 spiro atoms. The SMILES string of the molecule is CC(C)(C)CCCCCCc1c(O)cc(O)c(O)c1CCCCCC1(C)CC1. The maximum absolute atomic E-state index is 10.4. The largest absolute Gasteiger partial charge is 0.508 e. The Morgan fingerprint density at radius 3 is 1.96 bits per heavy atom. The van der Waals surface area contributed by atoms with E-state index in [4.69, 9.17) is 0 Å². The molecule has 0 saturated heterocycles. The third-order valence-corrected chi connectivity index (χ3v) is 6.39. The summed E-state index contributed by atoms with van der Waals surface area (Å²) in [5.74, 6) is -0.105. The van der Waals surface area contributed by atoms with Crippen molar-refractivity contribution in [1.82, 2.24) is 0 Å². The molecule has 3 nitrogen and oxygen atoms in total. The number of phenols is 3. The van der Waals surface area contributed by atoms with Gasteiger partial charge < -0.3 is 15.3 Å². The molecular weight excluding hydrogens is 348 g/mol. The lowest BCUT2D eigenvalue weighted by molar-refractivity contribution is 0.357. The molecule has 28 heavy (non-hydrogen) atoms. The van der Waals surface area contributed by atoms with E-state index < -0.39 is 0 Å². The first-order chi connectivity index (χ1) is 13.1. The van der Waals surface area contributed by atoms with Crippen LogP contribution >= 0.6 is 0 Å². The second kappa shape index (κ2) is 9.89.